The van der Waals surface area contributed by atoms with Gasteiger partial charge in [0.15, 0.2) is 18.1 Å². The van der Waals surface area contributed by atoms with Crippen molar-refractivity contribution in [2.75, 3.05) is 12.4 Å². The average molecular weight is 404 g/mol. The molecule has 1 aliphatic heterocycles. The number of rotatable bonds is 8. The molecule has 3 rings (SSSR count). The number of pyridine rings is 1. The molecule has 2 aromatic rings. The number of amides is 1. The van der Waals surface area contributed by atoms with Gasteiger partial charge in [0.1, 0.15) is 7.05 Å². The molecule has 1 aromatic heterocycles. The minimum Gasteiger partial charge on any atom is -0.683 e. The van der Waals surface area contributed by atoms with Crippen LogP contribution in [-0.4, -0.2) is 28.7 Å². The molecule has 6 heteroatoms. The first kappa shape index (κ1) is 21.3. The van der Waals surface area contributed by atoms with E-state index in [9.17, 15) is 4.79 Å². The summed E-state index contributed by atoms with van der Waals surface area (Å²) in [7, 11) is 1.98. The highest BCUT2D eigenvalue weighted by Crippen LogP contribution is 2.25. The van der Waals surface area contributed by atoms with Gasteiger partial charge in [-0.1, -0.05) is 44.5 Å². The van der Waals surface area contributed by atoms with Gasteiger partial charge in [-0.3, -0.25) is 9.78 Å². The Morgan fingerprint density at radius 2 is 2.00 bits per heavy atom. The van der Waals surface area contributed by atoms with Crippen molar-refractivity contribution in [2.24, 2.45) is 0 Å². The number of hydrogen-bond donors (Lipinski definition) is 2. The van der Waals surface area contributed by atoms with Crippen LogP contribution >= 0.6 is 0 Å². The highest BCUT2D eigenvalue weighted by atomic mass is 16.1. The summed E-state index contributed by atoms with van der Waals surface area (Å²) in [5.41, 5.74) is 5.42. The maximum Gasteiger partial charge on any atom is 0.257 e. The molecule has 1 aliphatic rings. The van der Waals surface area contributed by atoms with Gasteiger partial charge in [0.25, 0.3) is 5.91 Å². The predicted molar refractivity (Wildman–Crippen MR) is 122 cm³/mol. The third kappa shape index (κ3) is 5.35. The Hall–Kier alpha value is -3.41. The van der Waals surface area contributed by atoms with Crippen LogP contribution in [-0.2, 0) is 0 Å². The summed E-state index contributed by atoms with van der Waals surface area (Å²) in [5.74, 6) is 0.167. The van der Waals surface area contributed by atoms with Crippen molar-refractivity contribution in [3.05, 3.63) is 88.5 Å². The third-order valence-electron chi connectivity index (χ3n) is 4.87. The van der Waals surface area contributed by atoms with E-state index in [1.54, 1.807) is 12.4 Å². The fourth-order valence-corrected chi connectivity index (χ4v) is 3.29. The van der Waals surface area contributed by atoms with E-state index in [4.69, 9.17) is 0 Å². The molecule has 0 saturated carbocycles. The highest BCUT2D eigenvalue weighted by Gasteiger charge is 2.12. The fraction of sp³-hybridized carbons (Fsp3) is 0.292. The lowest BCUT2D eigenvalue weighted by molar-refractivity contribution is -0.429. The Morgan fingerprint density at radius 1 is 1.23 bits per heavy atom. The van der Waals surface area contributed by atoms with Crippen molar-refractivity contribution in [3.8, 4) is 0 Å². The predicted octanol–water partition coefficient (Wildman–Crippen LogP) is 4.83. The summed E-state index contributed by atoms with van der Waals surface area (Å²) < 4.78 is 1.98. The second kappa shape index (κ2) is 9.39. The Morgan fingerprint density at radius 3 is 2.67 bits per heavy atom. The number of nitrogens with one attached hydrogen (secondary N) is 2. The lowest BCUT2D eigenvalue weighted by atomic mass is 10.0. The SMILES string of the molecule is Cc1cc(C(=O)Nc2cccc(C(C)[N-]C=CNC3=C[N+](C)=C3)c2)cnc1C(C)C. The van der Waals surface area contributed by atoms with Crippen LogP contribution in [0.2, 0.25) is 0 Å². The molecule has 1 atom stereocenters. The van der Waals surface area contributed by atoms with Gasteiger partial charge in [-0.25, -0.2) is 4.58 Å². The van der Waals surface area contributed by atoms with Crippen LogP contribution < -0.4 is 10.6 Å². The van der Waals surface area contributed by atoms with Gasteiger partial charge >= 0.3 is 0 Å². The van der Waals surface area contributed by atoms with E-state index in [2.05, 4.69) is 34.8 Å². The van der Waals surface area contributed by atoms with E-state index in [0.29, 0.717) is 11.5 Å². The number of aryl methyl sites for hydroxylation is 1. The van der Waals surface area contributed by atoms with Crippen molar-refractivity contribution >= 4 is 17.8 Å². The maximum atomic E-state index is 12.7. The topological polar surface area (TPSA) is 71.1 Å². The highest BCUT2D eigenvalue weighted by molar-refractivity contribution is 6.04. The number of nitrogens with zero attached hydrogens (tertiary/aromatic N) is 3. The molecule has 0 saturated heterocycles. The maximum absolute atomic E-state index is 12.7. The number of carbonyl (C=O) groups excluding carboxylic acids is 1. The summed E-state index contributed by atoms with van der Waals surface area (Å²) in [5, 5.41) is 10.7. The zero-order valence-electron chi connectivity index (χ0n) is 18.2. The largest absolute Gasteiger partial charge is 0.683 e. The van der Waals surface area contributed by atoms with Crippen molar-refractivity contribution < 1.29 is 9.37 Å². The minimum atomic E-state index is -0.165. The van der Waals surface area contributed by atoms with Crippen LogP contribution in [0, 0.1) is 6.92 Å². The van der Waals surface area contributed by atoms with Crippen LogP contribution in [0.1, 0.15) is 59.9 Å². The molecule has 2 N–H and O–H groups in total. The molecule has 6 nitrogen and oxygen atoms in total. The van der Waals surface area contributed by atoms with Crippen molar-refractivity contribution in [1.82, 2.24) is 10.3 Å². The molecule has 156 valence electrons. The van der Waals surface area contributed by atoms with E-state index >= 15 is 0 Å². The normalized spacial score (nSPS) is 14.1. The molecule has 1 aromatic carbocycles. The van der Waals surface area contributed by atoms with Gasteiger partial charge in [-0.05, 0) is 42.8 Å². The van der Waals surface area contributed by atoms with Crippen LogP contribution in [0.5, 0.6) is 0 Å². The molecule has 0 radical (unpaired) electrons. The molecular weight excluding hydrogens is 374 g/mol. The number of anilines is 1. The van der Waals surface area contributed by atoms with Gasteiger partial charge in [-0.2, -0.15) is 6.20 Å². The van der Waals surface area contributed by atoms with Crippen LogP contribution in [0.15, 0.2) is 60.8 Å². The van der Waals surface area contributed by atoms with Crippen LogP contribution in [0.3, 0.4) is 0 Å². The first-order valence-corrected chi connectivity index (χ1v) is 10.1. The standard InChI is InChI=1S/C24H29N5O/c1-16(2)23-17(3)11-20(13-27-23)24(30)28-21-8-6-7-19(12-21)18(4)25-9-10-26-22-14-29(5)15-22/h6-16,18,26H,1-5H3,(H,28,30). The minimum absolute atomic E-state index is 0.0313. The van der Waals surface area contributed by atoms with Gasteiger partial charge in [0.2, 0.25) is 0 Å². The van der Waals surface area contributed by atoms with Crippen molar-refractivity contribution in [1.29, 1.82) is 0 Å². The van der Waals surface area contributed by atoms with Crippen molar-refractivity contribution in [2.45, 2.75) is 39.7 Å². The third-order valence-corrected chi connectivity index (χ3v) is 4.87. The Labute approximate surface area is 178 Å². The number of carbonyl (C=O) groups is 1. The summed E-state index contributed by atoms with van der Waals surface area (Å²) in [6.07, 6.45) is 9.20. The molecule has 0 fully saturated rings. The van der Waals surface area contributed by atoms with Gasteiger partial charge in [0, 0.05) is 17.6 Å². The molecule has 0 aliphatic carbocycles. The van der Waals surface area contributed by atoms with Crippen LogP contribution in [0.4, 0.5) is 5.69 Å². The van der Waals surface area contributed by atoms with E-state index in [-0.39, 0.29) is 11.9 Å². The fourth-order valence-electron chi connectivity index (χ4n) is 3.29. The number of hydrogen-bond acceptors (Lipinski definition) is 3. The average Bonchev–Trinajstić information content (AvgIpc) is 2.69. The zero-order valence-corrected chi connectivity index (χ0v) is 18.2. The molecule has 1 amide bonds. The molecular formula is C24H29N5O. The zero-order chi connectivity index (χ0) is 21.7. The Balaban J connectivity index is 1.59. The number of aromatic nitrogens is 1. The second-order valence-corrected chi connectivity index (χ2v) is 7.82. The molecule has 0 spiro atoms. The summed E-state index contributed by atoms with van der Waals surface area (Å²) in [4.78, 5) is 17.1. The van der Waals surface area contributed by atoms with E-state index in [0.717, 1.165) is 28.2 Å². The van der Waals surface area contributed by atoms with Crippen molar-refractivity contribution in [3.63, 3.8) is 0 Å². The van der Waals surface area contributed by atoms with E-state index < -0.39 is 0 Å². The first-order chi connectivity index (χ1) is 14.3. The number of allylic oxidation sites excluding steroid dienone is 1. The second-order valence-electron chi connectivity index (χ2n) is 7.82. The summed E-state index contributed by atoms with van der Waals surface area (Å²) >= 11 is 0. The van der Waals surface area contributed by atoms with Gasteiger partial charge in [-0.15, -0.1) is 0 Å². The Bertz CT molecular complexity index is 1020. The van der Waals surface area contributed by atoms with Gasteiger partial charge < -0.3 is 16.0 Å². The molecule has 30 heavy (non-hydrogen) atoms. The lowest BCUT2D eigenvalue weighted by Gasteiger charge is -2.26. The summed E-state index contributed by atoms with van der Waals surface area (Å²) in [6.45, 7) is 8.20. The van der Waals surface area contributed by atoms with E-state index in [1.165, 1.54) is 0 Å². The molecule has 1 unspecified atom stereocenters. The Kier molecular flexibility index (Phi) is 6.67. The van der Waals surface area contributed by atoms with Crippen LogP contribution in [0.25, 0.3) is 5.32 Å². The van der Waals surface area contributed by atoms with Gasteiger partial charge in [0.05, 0.1) is 5.56 Å². The monoisotopic (exact) mass is 403 g/mol. The summed E-state index contributed by atoms with van der Waals surface area (Å²) in [6, 6.07) is 9.62. The quantitative estimate of drug-likeness (QED) is 0.620. The van der Waals surface area contributed by atoms with E-state index in [1.807, 2.05) is 74.4 Å². The molecule has 2 heterocycles. The first-order valence-electron chi connectivity index (χ1n) is 10.1. The smallest absolute Gasteiger partial charge is 0.257 e. The number of benzene rings is 1. The lowest BCUT2D eigenvalue weighted by Crippen LogP contribution is -2.21. The molecule has 0 bridgehead atoms.